The molecule has 0 unspecified atom stereocenters. The third-order valence-electron chi connectivity index (χ3n) is 2.79. The fraction of sp³-hybridized carbons (Fsp3) is 0.500. The fourth-order valence-corrected chi connectivity index (χ4v) is 2.71. The van der Waals surface area contributed by atoms with Gasteiger partial charge in [-0.3, -0.25) is 9.10 Å². The molecule has 0 atom stereocenters. The van der Waals surface area contributed by atoms with Gasteiger partial charge in [0.25, 0.3) is 0 Å². The van der Waals surface area contributed by atoms with Crippen LogP contribution in [0.4, 0.5) is 5.69 Å². The maximum absolute atomic E-state index is 11.9. The summed E-state index contributed by atoms with van der Waals surface area (Å²) in [6, 6.07) is 6.82. The van der Waals surface area contributed by atoms with Gasteiger partial charge in [0, 0.05) is 13.0 Å². The van der Waals surface area contributed by atoms with E-state index >= 15 is 0 Å². The molecule has 1 amide bonds. The number of amides is 1. The van der Waals surface area contributed by atoms with Crippen molar-refractivity contribution in [2.75, 3.05) is 30.3 Å². The predicted molar refractivity (Wildman–Crippen MR) is 83.1 cm³/mol. The van der Waals surface area contributed by atoms with E-state index in [1.165, 1.54) is 4.31 Å². The normalized spacial score (nSPS) is 11.0. The summed E-state index contributed by atoms with van der Waals surface area (Å²) < 4.78 is 30.3. The second-order valence-electron chi connectivity index (χ2n) is 4.47. The number of nitrogens with zero attached hydrogens (tertiary/aromatic N) is 1. The van der Waals surface area contributed by atoms with Crippen LogP contribution in [0.5, 0.6) is 5.75 Å². The number of anilines is 1. The highest BCUT2D eigenvalue weighted by molar-refractivity contribution is 7.92. The van der Waals surface area contributed by atoms with Gasteiger partial charge in [-0.25, -0.2) is 8.42 Å². The van der Waals surface area contributed by atoms with Crippen LogP contribution in [0.2, 0.25) is 0 Å². The Morgan fingerprint density at radius 3 is 2.33 bits per heavy atom. The summed E-state index contributed by atoms with van der Waals surface area (Å²) in [6.07, 6.45) is 1.52. The van der Waals surface area contributed by atoms with Crippen molar-refractivity contribution < 1.29 is 17.9 Å². The van der Waals surface area contributed by atoms with Crippen LogP contribution in [-0.2, 0) is 14.8 Å². The van der Waals surface area contributed by atoms with E-state index in [9.17, 15) is 13.2 Å². The average Bonchev–Trinajstić information content (AvgIpc) is 2.43. The first-order chi connectivity index (χ1) is 9.88. The van der Waals surface area contributed by atoms with Crippen molar-refractivity contribution in [3.05, 3.63) is 24.3 Å². The molecule has 0 saturated carbocycles. The SMILES string of the molecule is CCOc1ccc(N(CCNC(=O)CC)S(C)(=O)=O)cc1. The van der Waals surface area contributed by atoms with E-state index < -0.39 is 10.0 Å². The van der Waals surface area contributed by atoms with Crippen molar-refractivity contribution in [1.82, 2.24) is 5.32 Å². The molecule has 0 saturated heterocycles. The number of hydrogen-bond acceptors (Lipinski definition) is 4. The van der Waals surface area contributed by atoms with Gasteiger partial charge in [-0.05, 0) is 31.2 Å². The molecule has 1 aromatic carbocycles. The van der Waals surface area contributed by atoms with E-state index in [0.29, 0.717) is 24.5 Å². The molecule has 1 N–H and O–H groups in total. The van der Waals surface area contributed by atoms with Gasteiger partial charge in [-0.15, -0.1) is 0 Å². The molecule has 0 spiro atoms. The van der Waals surface area contributed by atoms with E-state index in [1.807, 2.05) is 6.92 Å². The quantitative estimate of drug-likeness (QED) is 0.786. The number of carbonyl (C=O) groups excluding carboxylic acids is 1. The second-order valence-corrected chi connectivity index (χ2v) is 6.37. The Kier molecular flexibility index (Phi) is 6.48. The van der Waals surface area contributed by atoms with E-state index in [4.69, 9.17) is 4.74 Å². The molecule has 1 aromatic rings. The first-order valence-electron chi connectivity index (χ1n) is 6.85. The van der Waals surface area contributed by atoms with Crippen LogP contribution in [0.25, 0.3) is 0 Å². The lowest BCUT2D eigenvalue weighted by molar-refractivity contribution is -0.120. The van der Waals surface area contributed by atoms with Crippen molar-refractivity contribution >= 4 is 21.6 Å². The standard InChI is InChI=1S/C14H22N2O4S/c1-4-14(17)15-10-11-16(21(3,18)19)12-6-8-13(9-7-12)20-5-2/h6-9H,4-5,10-11H2,1-3H3,(H,15,17). The topological polar surface area (TPSA) is 75.7 Å². The molecule has 0 bridgehead atoms. The molecule has 0 radical (unpaired) electrons. The smallest absolute Gasteiger partial charge is 0.232 e. The lowest BCUT2D eigenvalue weighted by Gasteiger charge is -2.22. The van der Waals surface area contributed by atoms with Crippen LogP contribution in [0, 0.1) is 0 Å². The first-order valence-corrected chi connectivity index (χ1v) is 8.70. The minimum Gasteiger partial charge on any atom is -0.494 e. The van der Waals surface area contributed by atoms with Crippen molar-refractivity contribution in [3.8, 4) is 5.75 Å². The molecule has 0 aliphatic rings. The largest absolute Gasteiger partial charge is 0.494 e. The minimum absolute atomic E-state index is 0.102. The van der Waals surface area contributed by atoms with E-state index in [0.717, 1.165) is 6.26 Å². The van der Waals surface area contributed by atoms with E-state index in [1.54, 1.807) is 31.2 Å². The predicted octanol–water partition coefficient (Wildman–Crippen LogP) is 1.38. The Balaban J connectivity index is 2.80. The number of ether oxygens (including phenoxy) is 1. The van der Waals surface area contributed by atoms with Gasteiger partial charge in [-0.1, -0.05) is 6.92 Å². The molecule has 6 nitrogen and oxygen atoms in total. The summed E-state index contributed by atoms with van der Waals surface area (Å²) in [5.74, 6) is 0.587. The first kappa shape index (κ1) is 17.3. The summed E-state index contributed by atoms with van der Waals surface area (Å²) in [5, 5.41) is 2.67. The summed E-state index contributed by atoms with van der Waals surface area (Å²) in [7, 11) is -3.41. The van der Waals surface area contributed by atoms with Gasteiger partial charge >= 0.3 is 0 Å². The van der Waals surface area contributed by atoms with Crippen LogP contribution < -0.4 is 14.4 Å². The maximum Gasteiger partial charge on any atom is 0.232 e. The third-order valence-corrected chi connectivity index (χ3v) is 3.99. The average molecular weight is 314 g/mol. The minimum atomic E-state index is -3.41. The third kappa shape index (κ3) is 5.63. The molecule has 118 valence electrons. The van der Waals surface area contributed by atoms with E-state index in [-0.39, 0.29) is 19.0 Å². The van der Waals surface area contributed by atoms with E-state index in [2.05, 4.69) is 5.32 Å². The highest BCUT2D eigenvalue weighted by atomic mass is 32.2. The molecule has 21 heavy (non-hydrogen) atoms. The number of rotatable bonds is 8. The molecule has 0 fully saturated rings. The van der Waals surface area contributed by atoms with Crippen LogP contribution in [0.15, 0.2) is 24.3 Å². The monoisotopic (exact) mass is 314 g/mol. The van der Waals surface area contributed by atoms with Crippen molar-refractivity contribution in [3.63, 3.8) is 0 Å². The Labute approximate surface area is 126 Å². The van der Waals surface area contributed by atoms with Gasteiger partial charge < -0.3 is 10.1 Å². The van der Waals surface area contributed by atoms with Crippen molar-refractivity contribution in [2.45, 2.75) is 20.3 Å². The zero-order valence-electron chi connectivity index (χ0n) is 12.6. The van der Waals surface area contributed by atoms with Gasteiger partial charge in [0.2, 0.25) is 15.9 Å². The zero-order valence-corrected chi connectivity index (χ0v) is 13.4. The summed E-state index contributed by atoms with van der Waals surface area (Å²) in [5.41, 5.74) is 0.548. The molecule has 0 aliphatic carbocycles. The molecular weight excluding hydrogens is 292 g/mol. The maximum atomic E-state index is 11.9. The summed E-state index contributed by atoms with van der Waals surface area (Å²) in [6.45, 7) is 4.65. The van der Waals surface area contributed by atoms with Crippen molar-refractivity contribution in [2.24, 2.45) is 0 Å². The molecule has 0 aromatic heterocycles. The molecule has 1 rings (SSSR count). The van der Waals surface area contributed by atoms with Gasteiger partial charge in [-0.2, -0.15) is 0 Å². The molecule has 0 aliphatic heterocycles. The Morgan fingerprint density at radius 2 is 1.86 bits per heavy atom. The summed E-state index contributed by atoms with van der Waals surface area (Å²) >= 11 is 0. The molecule has 0 heterocycles. The number of carbonyl (C=O) groups is 1. The highest BCUT2D eigenvalue weighted by Crippen LogP contribution is 2.21. The number of nitrogens with one attached hydrogen (secondary N) is 1. The number of hydrogen-bond donors (Lipinski definition) is 1. The summed E-state index contributed by atoms with van der Waals surface area (Å²) in [4.78, 5) is 11.2. The Bertz CT molecular complexity index is 555. The Morgan fingerprint density at radius 1 is 1.24 bits per heavy atom. The van der Waals surface area contributed by atoms with Crippen LogP contribution in [-0.4, -0.2) is 40.3 Å². The molecular formula is C14H22N2O4S. The fourth-order valence-electron chi connectivity index (χ4n) is 1.78. The van der Waals surface area contributed by atoms with Gasteiger partial charge in [0.1, 0.15) is 5.75 Å². The van der Waals surface area contributed by atoms with Crippen LogP contribution in [0.3, 0.4) is 0 Å². The molecule has 7 heteroatoms. The lowest BCUT2D eigenvalue weighted by Crippen LogP contribution is -2.38. The zero-order chi connectivity index (χ0) is 15.9. The number of benzene rings is 1. The highest BCUT2D eigenvalue weighted by Gasteiger charge is 2.17. The van der Waals surface area contributed by atoms with Gasteiger partial charge in [0.05, 0.1) is 25.1 Å². The van der Waals surface area contributed by atoms with Crippen molar-refractivity contribution in [1.29, 1.82) is 0 Å². The Hall–Kier alpha value is -1.76. The number of sulfonamides is 1. The second kappa shape index (κ2) is 7.87. The van der Waals surface area contributed by atoms with Crippen LogP contribution in [0.1, 0.15) is 20.3 Å². The lowest BCUT2D eigenvalue weighted by atomic mass is 10.3. The van der Waals surface area contributed by atoms with Gasteiger partial charge in [0.15, 0.2) is 0 Å². The van der Waals surface area contributed by atoms with Crippen LogP contribution >= 0.6 is 0 Å².